The molecule has 38 heavy (non-hydrogen) atoms. The summed E-state index contributed by atoms with van der Waals surface area (Å²) in [6, 6.07) is 15.1. The molecule has 0 spiro atoms. The van der Waals surface area contributed by atoms with E-state index in [4.69, 9.17) is 21.1 Å². The zero-order chi connectivity index (χ0) is 27.2. The number of nitrogens with one attached hydrogen (secondary N) is 2. The molecule has 0 saturated carbocycles. The zero-order valence-electron chi connectivity index (χ0n) is 20.0. The van der Waals surface area contributed by atoms with E-state index >= 15 is 0 Å². The van der Waals surface area contributed by atoms with Crippen molar-refractivity contribution in [3.8, 4) is 11.5 Å². The summed E-state index contributed by atoms with van der Waals surface area (Å²) in [6.45, 7) is 1.69. The highest BCUT2D eigenvalue weighted by Gasteiger charge is 2.36. The van der Waals surface area contributed by atoms with Crippen molar-refractivity contribution in [2.45, 2.75) is 6.92 Å². The molecule has 0 bridgehead atoms. The average molecular weight is 538 g/mol. The molecule has 0 unspecified atom stereocenters. The Morgan fingerprint density at radius 2 is 1.76 bits per heavy atom. The van der Waals surface area contributed by atoms with Crippen LogP contribution in [0.2, 0.25) is 5.02 Å². The molecular weight excluding hydrogens is 517 g/mol. The minimum Gasteiger partial charge on any atom is -0.490 e. The molecule has 4 rings (SSSR count). The van der Waals surface area contributed by atoms with Gasteiger partial charge in [-0.25, -0.2) is 14.1 Å². The van der Waals surface area contributed by atoms with Gasteiger partial charge in [0, 0.05) is 0 Å². The smallest absolute Gasteiger partial charge is 0.335 e. The molecule has 0 atom stereocenters. The third kappa shape index (κ3) is 5.98. The minimum atomic E-state index is -0.947. The lowest BCUT2D eigenvalue weighted by molar-refractivity contribution is -0.122. The first-order chi connectivity index (χ1) is 18.3. The average Bonchev–Trinajstić information content (AvgIpc) is 2.88. The van der Waals surface area contributed by atoms with Crippen molar-refractivity contribution in [1.82, 2.24) is 5.32 Å². The molecule has 9 nitrogen and oxygen atoms in total. The van der Waals surface area contributed by atoms with Crippen molar-refractivity contribution in [2.75, 3.05) is 23.4 Å². The van der Waals surface area contributed by atoms with E-state index in [2.05, 4.69) is 10.6 Å². The van der Waals surface area contributed by atoms with Crippen LogP contribution >= 0.6 is 11.6 Å². The Kier molecular flexibility index (Phi) is 8.03. The summed E-state index contributed by atoms with van der Waals surface area (Å²) in [4.78, 5) is 50.9. The van der Waals surface area contributed by atoms with E-state index in [-0.39, 0.29) is 36.0 Å². The van der Waals surface area contributed by atoms with E-state index in [0.29, 0.717) is 16.3 Å². The lowest BCUT2D eigenvalue weighted by Gasteiger charge is -2.26. The predicted octanol–water partition coefficient (Wildman–Crippen LogP) is 4.56. The highest BCUT2D eigenvalue weighted by atomic mass is 35.5. The third-order valence-corrected chi connectivity index (χ3v) is 5.60. The molecule has 1 aliphatic heterocycles. The first-order valence-corrected chi connectivity index (χ1v) is 11.8. The topological polar surface area (TPSA) is 114 Å². The van der Waals surface area contributed by atoms with Gasteiger partial charge in [-0.3, -0.25) is 19.7 Å². The largest absolute Gasteiger partial charge is 0.490 e. The Morgan fingerprint density at radius 3 is 2.47 bits per heavy atom. The zero-order valence-corrected chi connectivity index (χ0v) is 20.8. The van der Waals surface area contributed by atoms with E-state index in [1.807, 2.05) is 0 Å². The minimum absolute atomic E-state index is 0.0983. The molecule has 3 aromatic rings. The monoisotopic (exact) mass is 537 g/mol. The van der Waals surface area contributed by atoms with Crippen LogP contribution in [0, 0.1) is 5.82 Å². The maximum atomic E-state index is 13.3. The number of carbonyl (C=O) groups excluding carboxylic acids is 4. The van der Waals surface area contributed by atoms with E-state index in [9.17, 15) is 23.6 Å². The number of halogens is 2. The number of carbonyl (C=O) groups is 4. The Hall–Kier alpha value is -4.70. The third-order valence-electron chi connectivity index (χ3n) is 5.27. The summed E-state index contributed by atoms with van der Waals surface area (Å²) in [5.41, 5.74) is 0.622. The Balaban J connectivity index is 1.53. The number of barbiturate groups is 1. The van der Waals surface area contributed by atoms with Gasteiger partial charge < -0.3 is 14.8 Å². The molecule has 1 saturated heterocycles. The number of para-hydroxylation sites is 1. The number of benzene rings is 3. The van der Waals surface area contributed by atoms with Gasteiger partial charge in [0.05, 0.1) is 23.0 Å². The number of imide groups is 2. The van der Waals surface area contributed by atoms with E-state index in [0.717, 1.165) is 17.0 Å². The number of hydrogen-bond acceptors (Lipinski definition) is 6. The first-order valence-electron chi connectivity index (χ1n) is 11.4. The maximum Gasteiger partial charge on any atom is 0.335 e. The van der Waals surface area contributed by atoms with Crippen LogP contribution in [0.1, 0.15) is 12.5 Å². The number of nitrogens with zero attached hydrogens (tertiary/aromatic N) is 1. The van der Waals surface area contributed by atoms with Crippen LogP contribution < -0.4 is 25.0 Å². The van der Waals surface area contributed by atoms with E-state index < -0.39 is 29.6 Å². The fourth-order valence-electron chi connectivity index (χ4n) is 3.54. The molecule has 0 radical (unpaired) electrons. The fourth-order valence-corrected chi connectivity index (χ4v) is 3.73. The standard InChI is InChI=1S/C27H21ClFN3O6/c1-2-37-23-14-16(7-12-22(23)38-15-24(33)30-21-6-4-3-5-20(21)28)13-19-25(34)31-27(36)32(26(19)35)18-10-8-17(29)9-11-18/h3-14H,2,15H2,1H3,(H,30,33)(H,31,34,36)/b19-13+. The molecule has 11 heteroatoms. The van der Waals surface area contributed by atoms with Crippen molar-refractivity contribution in [3.63, 3.8) is 0 Å². The number of amides is 5. The van der Waals surface area contributed by atoms with Crippen LogP contribution in [0.15, 0.2) is 72.3 Å². The highest BCUT2D eigenvalue weighted by molar-refractivity contribution is 6.39. The van der Waals surface area contributed by atoms with Gasteiger partial charge in [0.2, 0.25) is 0 Å². The number of rotatable bonds is 8. The summed E-state index contributed by atoms with van der Waals surface area (Å²) < 4.78 is 24.5. The predicted molar refractivity (Wildman–Crippen MR) is 139 cm³/mol. The Bertz CT molecular complexity index is 1440. The van der Waals surface area contributed by atoms with Crippen LogP contribution in [-0.4, -0.2) is 37.0 Å². The molecule has 2 N–H and O–H groups in total. The molecule has 1 aliphatic rings. The van der Waals surface area contributed by atoms with Crippen molar-refractivity contribution < 1.29 is 33.0 Å². The summed E-state index contributed by atoms with van der Waals surface area (Å²) in [5, 5.41) is 5.14. The van der Waals surface area contributed by atoms with Crippen molar-refractivity contribution in [3.05, 3.63) is 88.7 Å². The lowest BCUT2D eigenvalue weighted by atomic mass is 10.1. The number of anilines is 2. The summed E-state index contributed by atoms with van der Waals surface area (Å²) in [5.74, 6) is -2.22. The van der Waals surface area contributed by atoms with Gasteiger partial charge in [-0.05, 0) is 67.1 Å². The van der Waals surface area contributed by atoms with Gasteiger partial charge in [0.15, 0.2) is 18.1 Å². The summed E-state index contributed by atoms with van der Waals surface area (Å²) in [7, 11) is 0. The van der Waals surface area contributed by atoms with Gasteiger partial charge in [-0.2, -0.15) is 0 Å². The molecule has 5 amide bonds. The number of urea groups is 1. The lowest BCUT2D eigenvalue weighted by Crippen LogP contribution is -2.54. The second-order valence-corrected chi connectivity index (χ2v) is 8.30. The van der Waals surface area contributed by atoms with Crippen LogP contribution in [0.3, 0.4) is 0 Å². The van der Waals surface area contributed by atoms with Gasteiger partial charge in [0.25, 0.3) is 17.7 Å². The molecular formula is C27H21ClFN3O6. The van der Waals surface area contributed by atoms with Gasteiger partial charge in [-0.1, -0.05) is 29.8 Å². The van der Waals surface area contributed by atoms with Gasteiger partial charge in [0.1, 0.15) is 11.4 Å². The normalized spacial score (nSPS) is 14.3. The van der Waals surface area contributed by atoms with Crippen molar-refractivity contribution in [2.24, 2.45) is 0 Å². The van der Waals surface area contributed by atoms with Crippen LogP contribution in [-0.2, 0) is 14.4 Å². The van der Waals surface area contributed by atoms with E-state index in [1.54, 1.807) is 37.3 Å². The molecule has 1 fully saturated rings. The quantitative estimate of drug-likeness (QED) is 0.321. The summed E-state index contributed by atoms with van der Waals surface area (Å²) in [6.07, 6.45) is 1.29. The first kappa shape index (κ1) is 26.4. The van der Waals surface area contributed by atoms with Crippen LogP contribution in [0.4, 0.5) is 20.6 Å². The van der Waals surface area contributed by atoms with Gasteiger partial charge in [-0.15, -0.1) is 0 Å². The Labute approximate surface area is 221 Å². The second kappa shape index (κ2) is 11.6. The fraction of sp³-hybridized carbons (Fsp3) is 0.111. The van der Waals surface area contributed by atoms with Crippen molar-refractivity contribution in [1.29, 1.82) is 0 Å². The number of ether oxygens (including phenoxy) is 2. The molecule has 194 valence electrons. The van der Waals surface area contributed by atoms with Crippen molar-refractivity contribution >= 4 is 52.8 Å². The Morgan fingerprint density at radius 1 is 1.03 bits per heavy atom. The highest BCUT2D eigenvalue weighted by Crippen LogP contribution is 2.30. The van der Waals surface area contributed by atoms with E-state index in [1.165, 1.54) is 30.3 Å². The molecule has 1 heterocycles. The second-order valence-electron chi connectivity index (χ2n) is 7.89. The van der Waals surface area contributed by atoms with Crippen LogP contribution in [0.5, 0.6) is 11.5 Å². The maximum absolute atomic E-state index is 13.3. The summed E-state index contributed by atoms with van der Waals surface area (Å²) >= 11 is 6.06. The molecule has 0 aromatic heterocycles. The molecule has 3 aromatic carbocycles. The SMILES string of the molecule is CCOc1cc(/C=C2\C(=O)NC(=O)N(c3ccc(F)cc3)C2=O)ccc1OCC(=O)Nc1ccccc1Cl. The van der Waals surface area contributed by atoms with Gasteiger partial charge >= 0.3 is 6.03 Å². The van der Waals surface area contributed by atoms with Crippen LogP contribution in [0.25, 0.3) is 6.08 Å². The molecule has 0 aliphatic carbocycles. The number of hydrogen-bond donors (Lipinski definition) is 2.